The van der Waals surface area contributed by atoms with Crippen LogP contribution >= 0.6 is 15.9 Å². The number of allylic oxidation sites excluding steroid dienone is 1. The predicted molar refractivity (Wildman–Crippen MR) is 112 cm³/mol. The summed E-state index contributed by atoms with van der Waals surface area (Å²) in [4.78, 5) is 17.6. The molecule has 3 rings (SSSR count). The zero-order chi connectivity index (χ0) is 18.5. The van der Waals surface area contributed by atoms with Crippen molar-refractivity contribution in [1.29, 1.82) is 0 Å². The first-order chi connectivity index (χ1) is 12.6. The van der Waals surface area contributed by atoms with E-state index in [9.17, 15) is 4.79 Å². The highest BCUT2D eigenvalue weighted by atomic mass is 79.9. The van der Waals surface area contributed by atoms with Gasteiger partial charge in [0, 0.05) is 16.6 Å². The van der Waals surface area contributed by atoms with Crippen molar-refractivity contribution in [2.24, 2.45) is 5.10 Å². The highest BCUT2D eigenvalue weighted by molar-refractivity contribution is 9.10. The zero-order valence-corrected chi connectivity index (χ0v) is 16.3. The second-order valence-electron chi connectivity index (χ2n) is 6.09. The van der Waals surface area contributed by atoms with Gasteiger partial charge in [0.1, 0.15) is 5.82 Å². The van der Waals surface area contributed by atoms with Crippen molar-refractivity contribution in [3.63, 3.8) is 0 Å². The summed E-state index contributed by atoms with van der Waals surface area (Å²) in [5.41, 5.74) is 1.62. The first-order valence-corrected chi connectivity index (χ1v) is 9.37. The van der Waals surface area contributed by atoms with Crippen LogP contribution < -0.4 is 5.56 Å². The average Bonchev–Trinajstić information content (AvgIpc) is 2.67. The Morgan fingerprint density at radius 1 is 1.23 bits per heavy atom. The Balaban J connectivity index is 2.05. The van der Waals surface area contributed by atoms with Crippen molar-refractivity contribution in [3.05, 3.63) is 80.8 Å². The standard InChI is InChI=1S/C21H20BrN3O/c1-3-15(2)20-24-19-12-11-17(22)14-18(19)21(26)25(20)23-13-7-10-16-8-5-4-6-9-16/h4-15H,3H2,1-2H3/b10-7+,23-13?/t15-/m1/s1. The second-order valence-corrected chi connectivity index (χ2v) is 7.01. The van der Waals surface area contributed by atoms with Gasteiger partial charge in [-0.3, -0.25) is 4.79 Å². The molecule has 0 N–H and O–H groups in total. The number of rotatable bonds is 5. The van der Waals surface area contributed by atoms with E-state index in [1.54, 1.807) is 12.3 Å². The Morgan fingerprint density at radius 3 is 2.73 bits per heavy atom. The number of fused-ring (bicyclic) bond motifs is 1. The molecule has 1 aromatic heterocycles. The summed E-state index contributed by atoms with van der Waals surface area (Å²) in [6.45, 7) is 4.13. The molecule has 0 aliphatic rings. The number of aromatic nitrogens is 2. The maximum Gasteiger partial charge on any atom is 0.282 e. The summed E-state index contributed by atoms with van der Waals surface area (Å²) in [6.07, 6.45) is 6.28. The fraction of sp³-hybridized carbons (Fsp3) is 0.190. The molecule has 0 fully saturated rings. The van der Waals surface area contributed by atoms with E-state index in [2.05, 4.69) is 39.9 Å². The van der Waals surface area contributed by atoms with Crippen LogP contribution in [0.1, 0.15) is 37.6 Å². The van der Waals surface area contributed by atoms with Crippen molar-refractivity contribution < 1.29 is 0 Å². The first-order valence-electron chi connectivity index (χ1n) is 8.58. The Hall–Kier alpha value is -2.53. The lowest BCUT2D eigenvalue weighted by Gasteiger charge is -2.13. The van der Waals surface area contributed by atoms with Crippen LogP contribution in [0.2, 0.25) is 0 Å². The summed E-state index contributed by atoms with van der Waals surface area (Å²) in [5.74, 6) is 0.808. The lowest BCUT2D eigenvalue weighted by molar-refractivity contribution is 0.613. The van der Waals surface area contributed by atoms with Crippen molar-refractivity contribution in [1.82, 2.24) is 9.66 Å². The van der Waals surface area contributed by atoms with Gasteiger partial charge < -0.3 is 0 Å². The van der Waals surface area contributed by atoms with Crippen LogP contribution in [0.3, 0.4) is 0 Å². The molecule has 3 aromatic rings. The molecule has 4 nitrogen and oxygen atoms in total. The lowest BCUT2D eigenvalue weighted by Crippen LogP contribution is -2.23. The molecule has 1 heterocycles. The lowest BCUT2D eigenvalue weighted by atomic mass is 10.1. The quantitative estimate of drug-likeness (QED) is 0.542. The maximum atomic E-state index is 13.0. The van der Waals surface area contributed by atoms with Crippen molar-refractivity contribution in [2.75, 3.05) is 0 Å². The molecule has 0 unspecified atom stereocenters. The van der Waals surface area contributed by atoms with Crippen molar-refractivity contribution in [3.8, 4) is 0 Å². The number of hydrogen-bond acceptors (Lipinski definition) is 3. The topological polar surface area (TPSA) is 47.2 Å². The normalized spacial score (nSPS) is 13.0. The average molecular weight is 410 g/mol. The molecule has 132 valence electrons. The summed E-state index contributed by atoms with van der Waals surface area (Å²) < 4.78 is 2.26. The van der Waals surface area contributed by atoms with Crippen LogP contribution in [0.15, 0.2) is 69.0 Å². The van der Waals surface area contributed by atoms with E-state index in [1.165, 1.54) is 4.68 Å². The third-order valence-corrected chi connectivity index (χ3v) is 4.74. The van der Waals surface area contributed by atoms with Gasteiger partial charge in [0.25, 0.3) is 5.56 Å². The molecule has 2 aromatic carbocycles. The fourth-order valence-electron chi connectivity index (χ4n) is 2.60. The van der Waals surface area contributed by atoms with E-state index in [0.717, 1.165) is 16.5 Å². The van der Waals surface area contributed by atoms with Gasteiger partial charge >= 0.3 is 0 Å². The third kappa shape index (κ3) is 3.99. The van der Waals surface area contributed by atoms with Gasteiger partial charge in [0.2, 0.25) is 0 Å². The highest BCUT2D eigenvalue weighted by Crippen LogP contribution is 2.20. The fourth-order valence-corrected chi connectivity index (χ4v) is 2.96. The summed E-state index contributed by atoms with van der Waals surface area (Å²) in [6, 6.07) is 15.5. The monoisotopic (exact) mass is 409 g/mol. The van der Waals surface area contributed by atoms with Gasteiger partial charge in [-0.1, -0.05) is 66.2 Å². The molecule has 0 radical (unpaired) electrons. The Kier molecular flexibility index (Phi) is 5.78. The Labute approximate surface area is 161 Å². The molecular formula is C21H20BrN3O. The molecule has 0 aliphatic heterocycles. The number of nitrogens with zero attached hydrogens (tertiary/aromatic N) is 3. The van der Waals surface area contributed by atoms with Crippen LogP contribution in [-0.2, 0) is 0 Å². The van der Waals surface area contributed by atoms with Gasteiger partial charge in [-0.05, 0) is 36.3 Å². The number of halogens is 1. The first kappa shape index (κ1) is 18.3. The van der Waals surface area contributed by atoms with Crippen LogP contribution in [0.4, 0.5) is 0 Å². The SMILES string of the molecule is CC[C@@H](C)c1nc2ccc(Br)cc2c(=O)n1N=C/C=C/c1ccccc1. The van der Waals surface area contributed by atoms with Gasteiger partial charge in [-0.2, -0.15) is 9.78 Å². The van der Waals surface area contributed by atoms with E-state index >= 15 is 0 Å². The molecule has 0 saturated carbocycles. The summed E-state index contributed by atoms with van der Waals surface area (Å²) in [7, 11) is 0. The van der Waals surface area contributed by atoms with Crippen molar-refractivity contribution >= 4 is 39.1 Å². The largest absolute Gasteiger partial charge is 0.282 e. The summed E-state index contributed by atoms with van der Waals surface area (Å²) in [5, 5.41) is 4.94. The molecular weight excluding hydrogens is 390 g/mol. The molecule has 26 heavy (non-hydrogen) atoms. The predicted octanol–water partition coefficient (Wildman–Crippen LogP) is 5.22. The van der Waals surface area contributed by atoms with E-state index < -0.39 is 0 Å². The van der Waals surface area contributed by atoms with Gasteiger partial charge in [0.05, 0.1) is 10.9 Å². The molecule has 0 spiro atoms. The third-order valence-electron chi connectivity index (χ3n) is 4.24. The molecule has 0 amide bonds. The number of benzene rings is 2. The van der Waals surface area contributed by atoms with Crippen LogP contribution in [-0.4, -0.2) is 15.9 Å². The van der Waals surface area contributed by atoms with Gasteiger partial charge in [-0.25, -0.2) is 4.98 Å². The minimum Gasteiger partial charge on any atom is -0.267 e. The molecule has 1 atom stereocenters. The molecule has 5 heteroatoms. The van der Waals surface area contributed by atoms with Gasteiger partial charge in [0.15, 0.2) is 0 Å². The maximum absolute atomic E-state index is 13.0. The molecule has 0 saturated heterocycles. The molecule has 0 aliphatic carbocycles. The zero-order valence-electron chi connectivity index (χ0n) is 14.8. The van der Waals surface area contributed by atoms with E-state index in [-0.39, 0.29) is 11.5 Å². The van der Waals surface area contributed by atoms with Gasteiger partial charge in [-0.15, -0.1) is 0 Å². The minimum absolute atomic E-state index is 0.131. The Bertz CT molecular complexity index is 1020. The van der Waals surface area contributed by atoms with Crippen LogP contribution in [0.5, 0.6) is 0 Å². The Morgan fingerprint density at radius 2 is 2.00 bits per heavy atom. The smallest absolute Gasteiger partial charge is 0.267 e. The van der Waals surface area contributed by atoms with E-state index in [4.69, 9.17) is 0 Å². The number of hydrogen-bond donors (Lipinski definition) is 0. The summed E-state index contributed by atoms with van der Waals surface area (Å²) >= 11 is 3.42. The minimum atomic E-state index is -0.157. The van der Waals surface area contributed by atoms with Crippen molar-refractivity contribution in [2.45, 2.75) is 26.2 Å². The van der Waals surface area contributed by atoms with Crippen LogP contribution in [0, 0.1) is 0 Å². The van der Waals surface area contributed by atoms with E-state index in [0.29, 0.717) is 16.7 Å². The second kappa shape index (κ2) is 8.23. The van der Waals surface area contributed by atoms with Crippen LogP contribution in [0.25, 0.3) is 17.0 Å². The van der Waals surface area contributed by atoms with E-state index in [1.807, 2.05) is 54.6 Å². The highest BCUT2D eigenvalue weighted by Gasteiger charge is 2.15. The molecule has 0 bridgehead atoms.